The molecule has 0 rings (SSSR count). The molecule has 5 N–H and O–H groups in total. The van der Waals surface area contributed by atoms with E-state index in [4.69, 9.17) is 9.47 Å². The lowest BCUT2D eigenvalue weighted by atomic mass is 10.1. The number of rotatable bonds is 47. The topological polar surface area (TPSA) is 225 Å². The van der Waals surface area contributed by atoms with Crippen LogP contribution < -0.4 is 0 Å². The molecule has 72 heavy (non-hydrogen) atoms. The lowest BCUT2D eigenvalue weighted by Crippen LogP contribution is -2.25. The Morgan fingerprint density at radius 2 is 0.694 bits per heavy atom. The zero-order valence-electron chi connectivity index (χ0n) is 43.0. The first-order valence-corrected chi connectivity index (χ1v) is 28.6. The average molecular weight is 1050 g/mol. The highest BCUT2D eigenvalue weighted by Crippen LogP contribution is 2.45. The Morgan fingerprint density at radius 1 is 0.389 bits per heavy atom. The van der Waals surface area contributed by atoms with E-state index in [2.05, 4.69) is 86.6 Å². The fourth-order valence-corrected chi connectivity index (χ4v) is 7.42. The number of carbonyl (C=O) groups excluding carboxylic acids is 2. The number of aliphatic hydroxyl groups excluding tert-OH is 3. The fourth-order valence-electron chi connectivity index (χ4n) is 5.82. The standard InChI is InChI=1S/C55H88O15P2/c1-3-5-7-9-11-13-15-17-19-21-23-24-26-28-30-32-34-36-38-40-42-44-55(60)66-46-52(57)48-68-72(63,64)70-50-53(58)49-69-71(61,62)67-47-51(56)45-65-54(59)43-41-39-37-35-33-31-29-27-25-22-20-18-16-14-12-10-8-6-4-2/h6,8,10-14,16-20,22-25,27-31,33,51-53,56-58H,3-5,7,9,15,21,26,32,34-50H2,1-2H3,(H,61,62)(H,63,64)/b8-6+,12-10+,13-11-,16-14-,19-17-,20-18+,24-23-,25-22+,29-27+,30-28-,33-31+. The summed E-state index contributed by atoms with van der Waals surface area (Å²) in [4.78, 5) is 43.9. The Kier molecular flexibility index (Phi) is 46.8. The van der Waals surface area contributed by atoms with E-state index in [1.807, 2.05) is 79.0 Å². The Hall–Kier alpha value is -3.82. The minimum atomic E-state index is -4.81. The molecule has 0 aromatic heterocycles. The molecule has 0 heterocycles. The van der Waals surface area contributed by atoms with Gasteiger partial charge in [0.1, 0.15) is 31.5 Å². The van der Waals surface area contributed by atoms with Gasteiger partial charge in [-0.15, -0.1) is 0 Å². The van der Waals surface area contributed by atoms with Gasteiger partial charge in [-0.25, -0.2) is 9.13 Å². The van der Waals surface area contributed by atoms with Crippen LogP contribution >= 0.6 is 15.6 Å². The van der Waals surface area contributed by atoms with Crippen LogP contribution in [0.4, 0.5) is 0 Å². The molecular formula is C55H88O15P2. The molecule has 0 saturated heterocycles. The van der Waals surface area contributed by atoms with Crippen molar-refractivity contribution >= 4 is 27.6 Å². The van der Waals surface area contributed by atoms with Crippen LogP contribution in [-0.2, 0) is 46.3 Å². The van der Waals surface area contributed by atoms with Crippen LogP contribution in [0.25, 0.3) is 0 Å². The first kappa shape index (κ1) is 68.2. The highest BCUT2D eigenvalue weighted by atomic mass is 31.2. The summed E-state index contributed by atoms with van der Waals surface area (Å²) in [5.41, 5.74) is 0. The highest BCUT2D eigenvalue weighted by Gasteiger charge is 2.28. The van der Waals surface area contributed by atoms with Gasteiger partial charge >= 0.3 is 27.6 Å². The van der Waals surface area contributed by atoms with Crippen LogP contribution in [0, 0.1) is 0 Å². The van der Waals surface area contributed by atoms with Crippen LogP contribution in [0.1, 0.15) is 142 Å². The normalized spacial score (nSPS) is 15.9. The lowest BCUT2D eigenvalue weighted by Gasteiger charge is -2.19. The van der Waals surface area contributed by atoms with E-state index in [1.165, 1.54) is 25.7 Å². The number of allylic oxidation sites excluding steroid dienone is 22. The Labute approximate surface area is 431 Å². The summed E-state index contributed by atoms with van der Waals surface area (Å²) >= 11 is 0. The molecule has 0 saturated carbocycles. The molecule has 5 atom stereocenters. The predicted molar refractivity (Wildman–Crippen MR) is 288 cm³/mol. The fraction of sp³-hybridized carbons (Fsp3) is 0.564. The number of hydrogen-bond acceptors (Lipinski definition) is 13. The van der Waals surface area contributed by atoms with Crippen molar-refractivity contribution < 1.29 is 71.4 Å². The molecule has 0 aromatic rings. The van der Waals surface area contributed by atoms with Gasteiger partial charge in [-0.1, -0.05) is 186 Å². The number of phosphoric ester groups is 2. The molecule has 0 bridgehead atoms. The zero-order valence-corrected chi connectivity index (χ0v) is 44.8. The molecule has 15 nitrogen and oxygen atoms in total. The number of aliphatic hydroxyl groups is 3. The Balaban J connectivity index is 3.98. The third-order valence-electron chi connectivity index (χ3n) is 9.78. The molecular weight excluding hydrogens is 963 g/mol. The van der Waals surface area contributed by atoms with Crippen LogP contribution in [0.2, 0.25) is 0 Å². The second-order valence-electron chi connectivity index (χ2n) is 16.6. The number of hydrogen-bond donors (Lipinski definition) is 5. The van der Waals surface area contributed by atoms with Crippen molar-refractivity contribution in [1.82, 2.24) is 0 Å². The Morgan fingerprint density at radius 3 is 1.10 bits per heavy atom. The van der Waals surface area contributed by atoms with E-state index >= 15 is 0 Å². The molecule has 17 heteroatoms. The molecule has 408 valence electrons. The number of unbranched alkanes of at least 4 members (excludes halogenated alkanes) is 11. The Bertz CT molecular complexity index is 1790. The minimum Gasteiger partial charge on any atom is -0.463 e. The van der Waals surface area contributed by atoms with Gasteiger partial charge < -0.3 is 34.6 Å². The summed E-state index contributed by atoms with van der Waals surface area (Å²) in [6, 6.07) is 0. The van der Waals surface area contributed by atoms with Gasteiger partial charge in [-0.3, -0.25) is 27.7 Å². The summed E-state index contributed by atoms with van der Waals surface area (Å²) < 4.78 is 53.0. The molecule has 0 fully saturated rings. The van der Waals surface area contributed by atoms with Crippen LogP contribution in [0.15, 0.2) is 134 Å². The van der Waals surface area contributed by atoms with E-state index in [0.717, 1.165) is 77.0 Å². The number of carbonyl (C=O) groups is 2. The molecule has 0 aliphatic heterocycles. The van der Waals surface area contributed by atoms with Crippen molar-refractivity contribution in [2.75, 3.05) is 39.6 Å². The van der Waals surface area contributed by atoms with Gasteiger partial charge in [0, 0.05) is 12.8 Å². The van der Waals surface area contributed by atoms with Gasteiger partial charge in [0.15, 0.2) is 0 Å². The van der Waals surface area contributed by atoms with Crippen molar-refractivity contribution in [3.8, 4) is 0 Å². The maximum atomic E-state index is 12.2. The molecule has 0 amide bonds. The average Bonchev–Trinajstić information content (AvgIpc) is 3.36. The zero-order chi connectivity index (χ0) is 53.1. The molecule has 0 spiro atoms. The van der Waals surface area contributed by atoms with Gasteiger partial charge in [0.25, 0.3) is 0 Å². The first-order valence-electron chi connectivity index (χ1n) is 25.6. The summed E-state index contributed by atoms with van der Waals surface area (Å²) in [5.74, 6) is -1.07. The maximum absolute atomic E-state index is 12.2. The third kappa shape index (κ3) is 51.1. The summed E-state index contributed by atoms with van der Waals surface area (Å²) in [5, 5.41) is 30.1. The van der Waals surface area contributed by atoms with E-state index in [-0.39, 0.29) is 12.8 Å². The van der Waals surface area contributed by atoms with Gasteiger partial charge in [-0.05, 0) is 77.0 Å². The summed E-state index contributed by atoms with van der Waals surface area (Å²) in [6.45, 7) is 0.133. The largest absolute Gasteiger partial charge is 0.472 e. The first-order chi connectivity index (χ1) is 34.8. The summed E-state index contributed by atoms with van der Waals surface area (Å²) in [7, 11) is -9.62. The molecule has 0 aliphatic carbocycles. The second-order valence-corrected chi connectivity index (χ2v) is 19.5. The van der Waals surface area contributed by atoms with Gasteiger partial charge in [0.2, 0.25) is 0 Å². The van der Waals surface area contributed by atoms with Crippen molar-refractivity contribution in [3.63, 3.8) is 0 Å². The monoisotopic (exact) mass is 1050 g/mol. The van der Waals surface area contributed by atoms with E-state index < -0.39 is 85.5 Å². The van der Waals surface area contributed by atoms with Crippen LogP contribution in [0.3, 0.4) is 0 Å². The summed E-state index contributed by atoms with van der Waals surface area (Å²) in [6.07, 6.45) is 58.5. The van der Waals surface area contributed by atoms with Crippen molar-refractivity contribution in [3.05, 3.63) is 134 Å². The predicted octanol–water partition coefficient (Wildman–Crippen LogP) is 12.4. The number of esters is 2. The van der Waals surface area contributed by atoms with E-state index in [9.17, 15) is 43.8 Å². The number of ether oxygens (including phenoxy) is 2. The highest BCUT2D eigenvalue weighted by molar-refractivity contribution is 7.47. The van der Waals surface area contributed by atoms with E-state index in [0.29, 0.717) is 12.8 Å². The van der Waals surface area contributed by atoms with Gasteiger partial charge in [-0.2, -0.15) is 0 Å². The molecule has 5 unspecified atom stereocenters. The molecule has 0 radical (unpaired) electrons. The van der Waals surface area contributed by atoms with E-state index in [1.54, 1.807) is 0 Å². The minimum absolute atomic E-state index is 0.135. The SMILES string of the molecule is CC/C=C/C=C/C=C\C=C\C=C\C=C\C=C\CCCCCC(=O)OCC(O)COP(=O)(O)OCC(O)COP(=O)(O)OCC(O)COC(=O)CCCCCCC/C=C\C/C=C\C/C=C\C/C=C\CCCCC. The smallest absolute Gasteiger partial charge is 0.463 e. The van der Waals surface area contributed by atoms with Crippen LogP contribution in [-0.4, -0.2) is 95.0 Å². The lowest BCUT2D eigenvalue weighted by molar-refractivity contribution is -0.148. The van der Waals surface area contributed by atoms with Crippen LogP contribution in [0.5, 0.6) is 0 Å². The molecule has 0 aromatic carbocycles. The number of phosphoric acid groups is 2. The van der Waals surface area contributed by atoms with Crippen molar-refractivity contribution in [1.29, 1.82) is 0 Å². The van der Waals surface area contributed by atoms with Crippen molar-refractivity contribution in [2.45, 2.75) is 161 Å². The second kappa shape index (κ2) is 49.4. The quantitative estimate of drug-likeness (QED) is 0.0126. The molecule has 0 aliphatic rings. The van der Waals surface area contributed by atoms with Crippen molar-refractivity contribution in [2.24, 2.45) is 0 Å². The third-order valence-corrected chi connectivity index (χ3v) is 11.7. The maximum Gasteiger partial charge on any atom is 0.472 e. The van der Waals surface area contributed by atoms with Gasteiger partial charge in [0.05, 0.1) is 26.4 Å².